The minimum Gasteiger partial charge on any atom is -0.478 e. The lowest BCUT2D eigenvalue weighted by Gasteiger charge is -2.37. The summed E-state index contributed by atoms with van der Waals surface area (Å²) >= 11 is 0. The van der Waals surface area contributed by atoms with E-state index in [1.165, 1.54) is 18.9 Å². The van der Waals surface area contributed by atoms with Crippen molar-refractivity contribution in [2.75, 3.05) is 42.3 Å². The first-order valence-corrected chi connectivity index (χ1v) is 13.2. The van der Waals surface area contributed by atoms with Crippen LogP contribution < -0.4 is 9.62 Å². The Morgan fingerprint density at radius 1 is 1.03 bits per heavy atom. The van der Waals surface area contributed by atoms with E-state index in [0.717, 1.165) is 62.4 Å². The fourth-order valence-electron chi connectivity index (χ4n) is 4.87. The molecular weight excluding hydrogens is 438 g/mol. The predicted molar refractivity (Wildman–Crippen MR) is 131 cm³/mol. The van der Waals surface area contributed by atoms with Gasteiger partial charge in [-0.1, -0.05) is 6.07 Å². The van der Waals surface area contributed by atoms with Gasteiger partial charge in [0.1, 0.15) is 0 Å². The van der Waals surface area contributed by atoms with Gasteiger partial charge in [0.05, 0.1) is 21.8 Å². The molecule has 0 aromatic heterocycles. The largest absolute Gasteiger partial charge is 0.478 e. The Balaban J connectivity index is 1.62. The van der Waals surface area contributed by atoms with Gasteiger partial charge in [-0.25, -0.2) is 13.2 Å². The number of aryl methyl sites for hydroxylation is 2. The van der Waals surface area contributed by atoms with Crippen molar-refractivity contribution in [1.82, 2.24) is 4.90 Å². The van der Waals surface area contributed by atoms with Crippen LogP contribution in [0, 0.1) is 19.8 Å². The van der Waals surface area contributed by atoms with Crippen LogP contribution in [0.1, 0.15) is 47.2 Å². The summed E-state index contributed by atoms with van der Waals surface area (Å²) in [4.78, 5) is 16.5. The number of nitrogens with one attached hydrogen (secondary N) is 1. The van der Waals surface area contributed by atoms with Crippen LogP contribution in [-0.4, -0.2) is 57.1 Å². The number of carbonyl (C=O) groups is 1. The second-order valence-corrected chi connectivity index (χ2v) is 11.0. The zero-order chi connectivity index (χ0) is 23.6. The standard InChI is InChI=1S/C25H33N3O4S/c1-18-7-9-22(14-19(18)2)33(31,32)26-23-15-21(25(29)30)8-10-24(23)28-13-5-6-20(17-28)16-27-11-3-4-12-27/h7-10,14-15,20,26H,3-6,11-13,16-17H2,1-2H3,(H,29,30)/t20-/m0/s1. The van der Waals surface area contributed by atoms with Crippen molar-refractivity contribution >= 4 is 27.4 Å². The molecule has 2 fully saturated rings. The Morgan fingerprint density at radius 3 is 2.48 bits per heavy atom. The molecule has 2 aromatic carbocycles. The number of piperidine rings is 1. The zero-order valence-electron chi connectivity index (χ0n) is 19.4. The number of carboxylic acid groups (broad SMARTS) is 1. The van der Waals surface area contributed by atoms with Crippen molar-refractivity contribution in [1.29, 1.82) is 0 Å². The molecule has 0 aliphatic carbocycles. The lowest BCUT2D eigenvalue weighted by Crippen LogP contribution is -2.40. The lowest BCUT2D eigenvalue weighted by atomic mass is 9.96. The van der Waals surface area contributed by atoms with Crippen LogP contribution in [0.4, 0.5) is 11.4 Å². The van der Waals surface area contributed by atoms with Gasteiger partial charge in [0.15, 0.2) is 0 Å². The van der Waals surface area contributed by atoms with Crippen LogP contribution in [0.5, 0.6) is 0 Å². The second-order valence-electron chi connectivity index (χ2n) is 9.35. The summed E-state index contributed by atoms with van der Waals surface area (Å²) in [6.45, 7) is 8.84. The molecule has 2 aromatic rings. The number of rotatable bonds is 7. The van der Waals surface area contributed by atoms with E-state index in [4.69, 9.17) is 0 Å². The molecule has 2 N–H and O–H groups in total. The molecule has 2 aliphatic rings. The molecule has 8 heteroatoms. The predicted octanol–water partition coefficient (Wildman–Crippen LogP) is 4.11. The maximum absolute atomic E-state index is 13.2. The van der Waals surface area contributed by atoms with Gasteiger partial charge in [-0.05, 0) is 100.0 Å². The molecule has 0 bridgehead atoms. The van der Waals surface area contributed by atoms with Crippen molar-refractivity contribution in [3.05, 3.63) is 53.1 Å². The summed E-state index contributed by atoms with van der Waals surface area (Å²) in [5, 5.41) is 9.50. The molecule has 0 unspecified atom stereocenters. The number of aromatic carboxylic acids is 1. The molecule has 0 spiro atoms. The number of carboxylic acids is 1. The molecule has 33 heavy (non-hydrogen) atoms. The lowest BCUT2D eigenvalue weighted by molar-refractivity contribution is 0.0697. The van der Waals surface area contributed by atoms with Gasteiger partial charge in [0.25, 0.3) is 10.0 Å². The van der Waals surface area contributed by atoms with Crippen molar-refractivity contribution < 1.29 is 18.3 Å². The van der Waals surface area contributed by atoms with E-state index in [-0.39, 0.29) is 10.5 Å². The third kappa shape index (κ3) is 5.50. The normalized spacial score (nSPS) is 19.6. The molecule has 1 atom stereocenters. The maximum atomic E-state index is 13.2. The highest BCUT2D eigenvalue weighted by atomic mass is 32.2. The van der Waals surface area contributed by atoms with Crippen molar-refractivity contribution in [2.24, 2.45) is 5.92 Å². The second kappa shape index (κ2) is 9.73. The van der Waals surface area contributed by atoms with Crippen LogP contribution in [0.25, 0.3) is 0 Å². The molecule has 0 saturated carbocycles. The first-order valence-electron chi connectivity index (χ1n) is 11.7. The average molecular weight is 472 g/mol. The van der Waals surface area contributed by atoms with E-state index in [9.17, 15) is 18.3 Å². The van der Waals surface area contributed by atoms with Gasteiger partial charge in [0.2, 0.25) is 0 Å². The van der Waals surface area contributed by atoms with Crippen LogP contribution >= 0.6 is 0 Å². The highest BCUT2D eigenvalue weighted by molar-refractivity contribution is 7.92. The van der Waals surface area contributed by atoms with Gasteiger partial charge in [-0.3, -0.25) is 4.72 Å². The van der Waals surface area contributed by atoms with E-state index in [1.54, 1.807) is 30.3 Å². The topological polar surface area (TPSA) is 89.9 Å². The Morgan fingerprint density at radius 2 is 1.79 bits per heavy atom. The summed E-state index contributed by atoms with van der Waals surface area (Å²) < 4.78 is 29.1. The third-order valence-electron chi connectivity index (χ3n) is 6.85. The summed E-state index contributed by atoms with van der Waals surface area (Å²) in [6, 6.07) is 9.73. The first kappa shape index (κ1) is 23.6. The molecule has 4 rings (SSSR count). The van der Waals surface area contributed by atoms with E-state index >= 15 is 0 Å². The van der Waals surface area contributed by atoms with Crippen molar-refractivity contribution in [2.45, 2.75) is 44.4 Å². The Labute approximate surface area is 196 Å². The molecule has 2 saturated heterocycles. The molecule has 178 valence electrons. The summed E-state index contributed by atoms with van der Waals surface area (Å²) in [7, 11) is -3.87. The minimum absolute atomic E-state index is 0.0576. The summed E-state index contributed by atoms with van der Waals surface area (Å²) in [5.41, 5.74) is 3.01. The van der Waals surface area contributed by atoms with Gasteiger partial charge < -0.3 is 14.9 Å². The van der Waals surface area contributed by atoms with Crippen LogP contribution in [0.2, 0.25) is 0 Å². The molecule has 2 heterocycles. The van der Waals surface area contributed by atoms with Gasteiger partial charge >= 0.3 is 5.97 Å². The van der Waals surface area contributed by atoms with E-state index < -0.39 is 16.0 Å². The van der Waals surface area contributed by atoms with Crippen LogP contribution in [0.15, 0.2) is 41.3 Å². The Hall–Kier alpha value is -2.58. The highest BCUT2D eigenvalue weighted by Crippen LogP contribution is 2.33. The van der Waals surface area contributed by atoms with Crippen LogP contribution in [0.3, 0.4) is 0 Å². The van der Waals surface area contributed by atoms with Crippen molar-refractivity contribution in [3.63, 3.8) is 0 Å². The third-order valence-corrected chi connectivity index (χ3v) is 8.21. The first-order chi connectivity index (χ1) is 15.7. The highest BCUT2D eigenvalue weighted by Gasteiger charge is 2.26. The van der Waals surface area contributed by atoms with Gasteiger partial charge in [-0.15, -0.1) is 0 Å². The molecule has 0 radical (unpaired) electrons. The number of anilines is 2. The SMILES string of the molecule is Cc1ccc(S(=O)(=O)Nc2cc(C(=O)O)ccc2N2CCC[C@@H](CN3CCCC3)C2)cc1C. The Bertz CT molecular complexity index is 1130. The van der Waals surface area contributed by atoms with Crippen molar-refractivity contribution in [3.8, 4) is 0 Å². The van der Waals surface area contributed by atoms with Gasteiger partial charge in [-0.2, -0.15) is 0 Å². The summed E-state index contributed by atoms with van der Waals surface area (Å²) in [6.07, 6.45) is 4.71. The maximum Gasteiger partial charge on any atom is 0.335 e. The number of nitrogens with zero attached hydrogens (tertiary/aromatic N) is 2. The number of sulfonamides is 1. The molecular formula is C25H33N3O4S. The quantitative estimate of drug-likeness (QED) is 0.632. The number of hydrogen-bond acceptors (Lipinski definition) is 5. The van der Waals surface area contributed by atoms with Crippen LogP contribution in [-0.2, 0) is 10.0 Å². The zero-order valence-corrected chi connectivity index (χ0v) is 20.2. The minimum atomic E-state index is -3.87. The number of likely N-dealkylation sites (tertiary alicyclic amines) is 1. The van der Waals surface area contributed by atoms with E-state index in [1.807, 2.05) is 13.8 Å². The van der Waals surface area contributed by atoms with Gasteiger partial charge in [0, 0.05) is 19.6 Å². The van der Waals surface area contributed by atoms with E-state index in [0.29, 0.717) is 11.6 Å². The van der Waals surface area contributed by atoms with E-state index in [2.05, 4.69) is 14.5 Å². The molecule has 7 nitrogen and oxygen atoms in total. The fourth-order valence-corrected chi connectivity index (χ4v) is 6.02. The molecule has 2 aliphatic heterocycles. The number of benzene rings is 2. The smallest absolute Gasteiger partial charge is 0.335 e. The number of hydrogen-bond donors (Lipinski definition) is 2. The fraction of sp³-hybridized carbons (Fsp3) is 0.480. The Kier molecular flexibility index (Phi) is 6.95. The molecule has 0 amide bonds. The monoisotopic (exact) mass is 471 g/mol. The summed E-state index contributed by atoms with van der Waals surface area (Å²) in [5.74, 6) is -0.570. The average Bonchev–Trinajstić information content (AvgIpc) is 3.28.